The predicted molar refractivity (Wildman–Crippen MR) is 151 cm³/mol. The number of alkyl carbamates (subject to hydrolysis) is 1. The van der Waals surface area contributed by atoms with Crippen LogP contribution in [0.1, 0.15) is 46.1 Å². The topological polar surface area (TPSA) is 258 Å². The van der Waals surface area contributed by atoms with Crippen LogP contribution >= 0.6 is 0 Å². The van der Waals surface area contributed by atoms with Gasteiger partial charge in [-0.15, -0.1) is 0 Å². The highest BCUT2D eigenvalue weighted by molar-refractivity contribution is 5.96. The van der Waals surface area contributed by atoms with Gasteiger partial charge in [-0.05, 0) is 39.7 Å². The van der Waals surface area contributed by atoms with Gasteiger partial charge in [-0.2, -0.15) is 0 Å². The summed E-state index contributed by atoms with van der Waals surface area (Å²) in [6.45, 7) is 4.54. The van der Waals surface area contributed by atoms with Crippen LogP contribution in [-0.4, -0.2) is 94.5 Å². The minimum Gasteiger partial charge on any atom is -0.481 e. The van der Waals surface area contributed by atoms with Gasteiger partial charge in [-0.3, -0.25) is 33.6 Å². The zero-order valence-electron chi connectivity index (χ0n) is 24.7. The summed E-state index contributed by atoms with van der Waals surface area (Å²) in [6.07, 6.45) is -1.73. The quantitative estimate of drug-likeness (QED) is 0.0978. The summed E-state index contributed by atoms with van der Waals surface area (Å²) in [5.74, 6) is -6.68. The van der Waals surface area contributed by atoms with Gasteiger partial charge in [-0.1, -0.05) is 30.3 Å². The summed E-state index contributed by atoms with van der Waals surface area (Å²) >= 11 is 0. The van der Waals surface area contributed by atoms with Gasteiger partial charge in [0.2, 0.25) is 29.5 Å². The average molecular weight is 623 g/mol. The van der Waals surface area contributed by atoms with Crippen LogP contribution in [0.4, 0.5) is 4.79 Å². The van der Waals surface area contributed by atoms with E-state index in [1.807, 2.05) is 0 Å². The highest BCUT2D eigenvalue weighted by atomic mass is 16.5. The smallest absolute Gasteiger partial charge is 0.408 e. The van der Waals surface area contributed by atoms with Crippen molar-refractivity contribution >= 4 is 47.6 Å². The highest BCUT2D eigenvalue weighted by Crippen LogP contribution is 2.02. The molecule has 0 bridgehead atoms. The molecular weight excluding hydrogens is 584 g/mol. The Morgan fingerprint density at radius 2 is 1.11 bits per heavy atom. The number of carbonyl (C=O) groups excluding carboxylic acids is 6. The van der Waals surface area contributed by atoms with E-state index in [-0.39, 0.29) is 13.0 Å². The molecule has 0 aliphatic heterocycles. The van der Waals surface area contributed by atoms with Crippen molar-refractivity contribution in [2.45, 2.75) is 77.4 Å². The van der Waals surface area contributed by atoms with Gasteiger partial charge in [0.15, 0.2) is 0 Å². The van der Waals surface area contributed by atoms with E-state index in [9.17, 15) is 38.4 Å². The van der Waals surface area contributed by atoms with Crippen LogP contribution in [0.25, 0.3) is 0 Å². The maximum absolute atomic E-state index is 12.7. The third kappa shape index (κ3) is 14.1. The summed E-state index contributed by atoms with van der Waals surface area (Å²) in [6, 6.07) is 2.75. The second kappa shape index (κ2) is 18.3. The van der Waals surface area contributed by atoms with Crippen molar-refractivity contribution in [2.75, 3.05) is 6.54 Å². The van der Waals surface area contributed by atoms with Crippen molar-refractivity contribution in [1.82, 2.24) is 31.9 Å². The molecule has 5 atom stereocenters. The van der Waals surface area contributed by atoms with Crippen LogP contribution in [0.15, 0.2) is 30.3 Å². The zero-order valence-corrected chi connectivity index (χ0v) is 24.7. The first-order chi connectivity index (χ1) is 20.6. The summed E-state index contributed by atoms with van der Waals surface area (Å²) in [5.41, 5.74) is 0.743. The molecule has 6 amide bonds. The molecular formula is C27H38N6O11. The Morgan fingerprint density at radius 3 is 1.64 bits per heavy atom. The van der Waals surface area contributed by atoms with Crippen LogP contribution in [0.3, 0.4) is 0 Å². The highest BCUT2D eigenvalue weighted by Gasteiger charge is 2.29. The van der Waals surface area contributed by atoms with Gasteiger partial charge in [0, 0.05) is 6.42 Å². The number of carboxylic acids is 2. The SMILES string of the molecule is C[C@H](NC(=O)OCc1ccccc1)C(=O)N[C@@H](C)C(=O)N[C@@H](C)C(=O)N[C@@H](CCC(=O)O)C(=O)N[C@@H](C)C(=O)NCC(=O)O. The van der Waals surface area contributed by atoms with Crippen LogP contribution < -0.4 is 31.9 Å². The van der Waals surface area contributed by atoms with Crippen molar-refractivity contribution in [3.8, 4) is 0 Å². The molecule has 1 rings (SSSR count). The van der Waals surface area contributed by atoms with Gasteiger partial charge in [0.1, 0.15) is 43.4 Å². The van der Waals surface area contributed by atoms with Gasteiger partial charge < -0.3 is 46.9 Å². The Kier molecular flexibility index (Phi) is 15.3. The summed E-state index contributed by atoms with van der Waals surface area (Å²) < 4.78 is 5.06. The summed E-state index contributed by atoms with van der Waals surface area (Å²) in [4.78, 5) is 96.1. The number of carboxylic acid groups (broad SMARTS) is 2. The standard InChI is InChI=1S/C27H38N6O11/c1-14(22(38)28-12-21(36)37)31-26(42)19(10-11-20(34)35)33-25(41)16(3)30-23(39)15(2)29-24(40)17(4)32-27(43)44-13-18-8-6-5-7-9-18/h5-9,14-17,19H,10-13H2,1-4H3,(H,28,38)(H,29,40)(H,30,39)(H,31,42)(H,32,43)(H,33,41)(H,34,35)(H,36,37)/t14-,15-,16-,17-,19-/m0/s1. The fraction of sp³-hybridized carbons (Fsp3) is 0.481. The fourth-order valence-corrected chi connectivity index (χ4v) is 3.34. The van der Waals surface area contributed by atoms with E-state index >= 15 is 0 Å². The van der Waals surface area contributed by atoms with E-state index in [1.54, 1.807) is 30.3 Å². The molecule has 0 saturated heterocycles. The van der Waals surface area contributed by atoms with Crippen LogP contribution in [0.5, 0.6) is 0 Å². The van der Waals surface area contributed by atoms with Crippen molar-refractivity contribution in [2.24, 2.45) is 0 Å². The van der Waals surface area contributed by atoms with E-state index in [0.29, 0.717) is 0 Å². The molecule has 242 valence electrons. The minimum absolute atomic E-state index is 0.0141. The van der Waals surface area contributed by atoms with E-state index in [1.165, 1.54) is 27.7 Å². The molecule has 0 heterocycles. The molecule has 0 unspecified atom stereocenters. The molecule has 0 fully saturated rings. The maximum Gasteiger partial charge on any atom is 0.408 e. The first kappa shape index (κ1) is 36.8. The second-order valence-corrected chi connectivity index (χ2v) is 9.72. The Labute approximate surface area is 252 Å². The minimum atomic E-state index is -1.42. The molecule has 0 aliphatic rings. The molecule has 17 heteroatoms. The van der Waals surface area contributed by atoms with Crippen LogP contribution in [-0.2, 0) is 44.9 Å². The molecule has 0 radical (unpaired) electrons. The third-order valence-electron chi connectivity index (χ3n) is 5.89. The average Bonchev–Trinajstić information content (AvgIpc) is 2.96. The van der Waals surface area contributed by atoms with Crippen molar-refractivity contribution in [3.63, 3.8) is 0 Å². The molecule has 8 N–H and O–H groups in total. The van der Waals surface area contributed by atoms with E-state index < -0.39 is 90.7 Å². The van der Waals surface area contributed by atoms with E-state index in [0.717, 1.165) is 5.56 Å². The maximum atomic E-state index is 12.7. The van der Waals surface area contributed by atoms with Crippen molar-refractivity contribution < 1.29 is 53.3 Å². The zero-order chi connectivity index (χ0) is 33.4. The number of rotatable bonds is 17. The van der Waals surface area contributed by atoms with Crippen LogP contribution in [0.2, 0.25) is 0 Å². The van der Waals surface area contributed by atoms with Gasteiger partial charge in [0.05, 0.1) is 0 Å². The molecule has 17 nitrogen and oxygen atoms in total. The Balaban J connectivity index is 2.64. The summed E-state index contributed by atoms with van der Waals surface area (Å²) in [5, 5.41) is 31.4. The van der Waals surface area contributed by atoms with Gasteiger partial charge in [0.25, 0.3) is 0 Å². The number of ether oxygens (including phenoxy) is 1. The monoisotopic (exact) mass is 622 g/mol. The van der Waals surface area contributed by atoms with Crippen LogP contribution in [0, 0.1) is 0 Å². The number of nitrogens with one attached hydrogen (secondary N) is 6. The lowest BCUT2D eigenvalue weighted by Crippen LogP contribution is -2.57. The number of aliphatic carboxylic acids is 2. The molecule has 44 heavy (non-hydrogen) atoms. The molecule has 0 saturated carbocycles. The Morgan fingerprint density at radius 1 is 0.636 bits per heavy atom. The fourth-order valence-electron chi connectivity index (χ4n) is 3.34. The molecule has 1 aromatic carbocycles. The predicted octanol–water partition coefficient (Wildman–Crippen LogP) is -1.63. The Bertz CT molecular complexity index is 1210. The third-order valence-corrected chi connectivity index (χ3v) is 5.89. The normalized spacial score (nSPS) is 13.8. The number of amides is 6. The van der Waals surface area contributed by atoms with E-state index in [2.05, 4.69) is 31.9 Å². The lowest BCUT2D eigenvalue weighted by atomic mass is 10.1. The lowest BCUT2D eigenvalue weighted by molar-refractivity contribution is -0.138. The lowest BCUT2D eigenvalue weighted by Gasteiger charge is -2.23. The van der Waals surface area contributed by atoms with Gasteiger partial charge >= 0.3 is 18.0 Å². The Hall–Kier alpha value is -5.22. The van der Waals surface area contributed by atoms with E-state index in [4.69, 9.17) is 14.9 Å². The molecule has 0 aliphatic carbocycles. The number of hydrogen-bond acceptors (Lipinski definition) is 9. The van der Waals surface area contributed by atoms with Gasteiger partial charge in [-0.25, -0.2) is 4.79 Å². The largest absolute Gasteiger partial charge is 0.481 e. The van der Waals surface area contributed by atoms with Crippen molar-refractivity contribution in [3.05, 3.63) is 35.9 Å². The number of hydrogen-bond donors (Lipinski definition) is 8. The molecule has 0 spiro atoms. The molecule has 0 aromatic heterocycles. The molecule has 1 aromatic rings. The van der Waals surface area contributed by atoms with Crippen molar-refractivity contribution in [1.29, 1.82) is 0 Å². The number of benzene rings is 1. The first-order valence-corrected chi connectivity index (χ1v) is 13.5. The number of carbonyl (C=O) groups is 8. The summed E-state index contributed by atoms with van der Waals surface area (Å²) in [7, 11) is 0. The second-order valence-electron chi connectivity index (χ2n) is 9.72. The first-order valence-electron chi connectivity index (χ1n) is 13.5.